The molecule has 2 fully saturated rings. The van der Waals surface area contributed by atoms with Gasteiger partial charge in [-0.1, -0.05) is 13.3 Å². The van der Waals surface area contributed by atoms with Crippen LogP contribution in [0.4, 0.5) is 8.78 Å². The number of carbonyl (C=O) groups excluding carboxylic acids is 1. The van der Waals surface area contributed by atoms with E-state index in [1.807, 2.05) is 0 Å². The van der Waals surface area contributed by atoms with Gasteiger partial charge in [0.2, 0.25) is 5.82 Å². The molecule has 0 saturated heterocycles. The van der Waals surface area contributed by atoms with Crippen molar-refractivity contribution in [3.05, 3.63) is 29.3 Å². The number of benzene rings is 1. The van der Waals surface area contributed by atoms with Crippen LogP contribution < -0.4 is 4.74 Å². The molecule has 2 aliphatic carbocycles. The third-order valence-corrected chi connectivity index (χ3v) is 6.72. The summed E-state index contributed by atoms with van der Waals surface area (Å²) >= 11 is 0. The van der Waals surface area contributed by atoms with E-state index in [0.717, 1.165) is 70.1 Å². The number of ether oxygens (including phenoxy) is 2. The Morgan fingerprint density at radius 3 is 2.27 bits per heavy atom. The molecule has 0 unspecified atom stereocenters. The minimum atomic E-state index is -1.28. The van der Waals surface area contributed by atoms with Crippen LogP contribution in [0.2, 0.25) is 0 Å². The SMILES string of the molecule is CCCCO[C@H]1CC[C@H]([C@H]2CC[C@H](C(=O)Oc3ccc(C#N)c(F)c3F)CC2)CC1. The lowest BCUT2D eigenvalue weighted by Crippen LogP contribution is -2.31. The van der Waals surface area contributed by atoms with Gasteiger partial charge in [0.05, 0.1) is 17.6 Å². The third-order valence-electron chi connectivity index (χ3n) is 6.72. The van der Waals surface area contributed by atoms with Crippen molar-refractivity contribution in [1.82, 2.24) is 0 Å². The number of nitriles is 1. The largest absolute Gasteiger partial charge is 0.423 e. The molecule has 0 heterocycles. The predicted octanol–water partition coefficient (Wildman–Crippen LogP) is 5.92. The van der Waals surface area contributed by atoms with Crippen LogP contribution in [0.5, 0.6) is 5.75 Å². The molecule has 2 saturated carbocycles. The first kappa shape index (κ1) is 22.7. The molecule has 0 radical (unpaired) electrons. The van der Waals surface area contributed by atoms with Crippen LogP contribution in [0.15, 0.2) is 12.1 Å². The van der Waals surface area contributed by atoms with E-state index in [0.29, 0.717) is 17.9 Å². The number of halogens is 2. The number of unbranched alkanes of at least 4 members (excludes halogenated alkanes) is 1. The maximum atomic E-state index is 14.0. The first-order chi connectivity index (χ1) is 14.5. The first-order valence-electron chi connectivity index (χ1n) is 11.2. The molecule has 0 amide bonds. The van der Waals surface area contributed by atoms with Gasteiger partial charge < -0.3 is 9.47 Å². The van der Waals surface area contributed by atoms with Gasteiger partial charge in [0.25, 0.3) is 0 Å². The van der Waals surface area contributed by atoms with E-state index in [-0.39, 0.29) is 5.92 Å². The summed E-state index contributed by atoms with van der Waals surface area (Å²) in [5, 5.41) is 8.74. The fraction of sp³-hybridized carbons (Fsp3) is 0.667. The number of esters is 1. The number of nitrogens with zero attached hydrogens (tertiary/aromatic N) is 1. The summed E-state index contributed by atoms with van der Waals surface area (Å²) in [6.45, 7) is 3.04. The Bertz CT molecular complexity index is 760. The zero-order valence-corrected chi connectivity index (χ0v) is 17.7. The fourth-order valence-electron chi connectivity index (χ4n) is 4.84. The van der Waals surface area contributed by atoms with Crippen LogP contribution in [0.3, 0.4) is 0 Å². The number of hydrogen-bond donors (Lipinski definition) is 0. The van der Waals surface area contributed by atoms with Crippen molar-refractivity contribution in [3.8, 4) is 11.8 Å². The molecule has 164 valence electrons. The number of carbonyl (C=O) groups is 1. The molecule has 0 spiro atoms. The maximum Gasteiger partial charge on any atom is 0.314 e. The van der Waals surface area contributed by atoms with Crippen molar-refractivity contribution < 1.29 is 23.0 Å². The quantitative estimate of drug-likeness (QED) is 0.312. The Hall–Kier alpha value is -2.00. The molecule has 0 aromatic heterocycles. The van der Waals surface area contributed by atoms with Crippen molar-refractivity contribution >= 4 is 5.97 Å². The van der Waals surface area contributed by atoms with Crippen molar-refractivity contribution in [2.45, 2.75) is 77.2 Å². The lowest BCUT2D eigenvalue weighted by atomic mass is 9.70. The van der Waals surface area contributed by atoms with E-state index < -0.39 is 28.9 Å². The van der Waals surface area contributed by atoms with Gasteiger partial charge in [0, 0.05) is 6.61 Å². The summed E-state index contributed by atoms with van der Waals surface area (Å²) in [4.78, 5) is 12.4. The first-order valence-corrected chi connectivity index (χ1v) is 11.2. The Balaban J connectivity index is 1.44. The Morgan fingerprint density at radius 1 is 1.03 bits per heavy atom. The number of hydrogen-bond acceptors (Lipinski definition) is 4. The topological polar surface area (TPSA) is 59.3 Å². The normalized spacial score (nSPS) is 26.7. The van der Waals surface area contributed by atoms with E-state index >= 15 is 0 Å². The van der Waals surface area contributed by atoms with Gasteiger partial charge in [-0.05, 0) is 81.8 Å². The molecule has 0 N–H and O–H groups in total. The molecule has 1 aromatic rings. The van der Waals surface area contributed by atoms with Gasteiger partial charge in [-0.15, -0.1) is 0 Å². The molecule has 4 nitrogen and oxygen atoms in total. The van der Waals surface area contributed by atoms with Crippen molar-refractivity contribution in [2.24, 2.45) is 17.8 Å². The second-order valence-electron chi connectivity index (χ2n) is 8.64. The zero-order valence-electron chi connectivity index (χ0n) is 17.7. The van der Waals surface area contributed by atoms with Gasteiger partial charge in [-0.3, -0.25) is 4.79 Å². The third kappa shape index (κ3) is 5.57. The average Bonchev–Trinajstić information content (AvgIpc) is 2.78. The second kappa shape index (κ2) is 10.9. The minimum Gasteiger partial charge on any atom is -0.423 e. The summed E-state index contributed by atoms with van der Waals surface area (Å²) < 4.78 is 38.8. The van der Waals surface area contributed by atoms with Crippen LogP contribution in [0.1, 0.15) is 76.7 Å². The fourth-order valence-corrected chi connectivity index (χ4v) is 4.84. The standard InChI is InChI=1S/C24H31F2NO3/c1-2-3-14-29-20-11-8-17(9-12-20)16-4-6-18(7-5-16)24(28)30-21-13-10-19(15-27)22(25)23(21)26/h10,13,16-18,20H,2-9,11-12,14H2,1H3/t16-,17-,18-,20-. The van der Waals surface area contributed by atoms with E-state index in [2.05, 4.69) is 6.92 Å². The highest BCUT2D eigenvalue weighted by atomic mass is 19.2. The summed E-state index contributed by atoms with van der Waals surface area (Å²) in [6, 6.07) is 3.83. The van der Waals surface area contributed by atoms with Crippen LogP contribution >= 0.6 is 0 Å². The molecule has 3 rings (SSSR count). The smallest absolute Gasteiger partial charge is 0.314 e. The van der Waals surface area contributed by atoms with Gasteiger partial charge in [-0.25, -0.2) is 4.39 Å². The molecular weight excluding hydrogens is 388 g/mol. The summed E-state index contributed by atoms with van der Waals surface area (Å²) in [7, 11) is 0. The molecule has 0 aliphatic heterocycles. The lowest BCUT2D eigenvalue weighted by molar-refractivity contribution is -0.140. The van der Waals surface area contributed by atoms with Gasteiger partial charge in [-0.2, -0.15) is 9.65 Å². The molecule has 2 aliphatic rings. The van der Waals surface area contributed by atoms with Crippen LogP contribution in [-0.2, 0) is 9.53 Å². The lowest BCUT2D eigenvalue weighted by Gasteiger charge is -2.37. The van der Waals surface area contributed by atoms with E-state index in [1.54, 1.807) is 6.07 Å². The Morgan fingerprint density at radius 2 is 1.67 bits per heavy atom. The molecule has 0 atom stereocenters. The Kier molecular flexibility index (Phi) is 8.21. The summed E-state index contributed by atoms with van der Waals surface area (Å²) in [6.07, 6.45) is 10.7. The van der Waals surface area contributed by atoms with E-state index in [9.17, 15) is 13.6 Å². The summed E-state index contributed by atoms with van der Waals surface area (Å²) in [5.74, 6) is -2.49. The van der Waals surface area contributed by atoms with Gasteiger partial charge >= 0.3 is 5.97 Å². The monoisotopic (exact) mass is 419 g/mol. The van der Waals surface area contributed by atoms with Crippen molar-refractivity contribution in [2.75, 3.05) is 6.61 Å². The second-order valence-corrected chi connectivity index (χ2v) is 8.64. The molecule has 0 bridgehead atoms. The number of rotatable bonds is 7. The van der Waals surface area contributed by atoms with Gasteiger partial charge in [0.1, 0.15) is 6.07 Å². The van der Waals surface area contributed by atoms with E-state index in [1.165, 1.54) is 12.8 Å². The van der Waals surface area contributed by atoms with E-state index in [4.69, 9.17) is 14.7 Å². The van der Waals surface area contributed by atoms with Crippen molar-refractivity contribution in [3.63, 3.8) is 0 Å². The minimum absolute atomic E-state index is 0.284. The molecular formula is C24H31F2NO3. The molecule has 30 heavy (non-hydrogen) atoms. The van der Waals surface area contributed by atoms with Crippen LogP contribution in [0, 0.1) is 40.7 Å². The van der Waals surface area contributed by atoms with Crippen LogP contribution in [0.25, 0.3) is 0 Å². The van der Waals surface area contributed by atoms with Gasteiger partial charge in [0.15, 0.2) is 11.6 Å². The molecule has 1 aromatic carbocycles. The highest BCUT2D eigenvalue weighted by molar-refractivity contribution is 5.75. The highest BCUT2D eigenvalue weighted by Gasteiger charge is 2.34. The van der Waals surface area contributed by atoms with Crippen LogP contribution in [-0.4, -0.2) is 18.7 Å². The molecule has 6 heteroatoms. The maximum absolute atomic E-state index is 14.0. The Labute approximate surface area is 177 Å². The van der Waals surface area contributed by atoms with Crippen molar-refractivity contribution in [1.29, 1.82) is 5.26 Å². The predicted molar refractivity (Wildman–Crippen MR) is 109 cm³/mol. The average molecular weight is 420 g/mol. The summed E-state index contributed by atoms with van der Waals surface area (Å²) in [5.41, 5.74) is -0.404. The highest BCUT2D eigenvalue weighted by Crippen LogP contribution is 2.41. The zero-order chi connectivity index (χ0) is 21.5.